The Hall–Kier alpha value is -2.58. The SMILES string of the molecule is COc1ccc(S(=O)(=O)N(CC(=O)Nc2c(Cl)cccc2Cl)Cc2ccccc2)cc1C. The number of amides is 1. The van der Waals surface area contributed by atoms with E-state index in [2.05, 4.69) is 5.32 Å². The number of rotatable bonds is 8. The summed E-state index contributed by atoms with van der Waals surface area (Å²) in [6.07, 6.45) is 0. The van der Waals surface area contributed by atoms with Crippen molar-refractivity contribution in [1.82, 2.24) is 4.31 Å². The minimum Gasteiger partial charge on any atom is -0.496 e. The lowest BCUT2D eigenvalue weighted by Gasteiger charge is -2.23. The summed E-state index contributed by atoms with van der Waals surface area (Å²) in [7, 11) is -2.49. The second-order valence-corrected chi connectivity index (χ2v) is 9.79. The zero-order valence-corrected chi connectivity index (χ0v) is 19.8. The number of hydrogen-bond acceptors (Lipinski definition) is 4. The highest BCUT2D eigenvalue weighted by atomic mass is 35.5. The minimum atomic E-state index is -4.00. The molecule has 0 atom stereocenters. The van der Waals surface area contributed by atoms with Crippen molar-refractivity contribution in [2.75, 3.05) is 19.0 Å². The predicted octanol–water partition coefficient (Wildman–Crippen LogP) is 5.14. The van der Waals surface area contributed by atoms with Gasteiger partial charge in [0.25, 0.3) is 0 Å². The molecule has 6 nitrogen and oxygen atoms in total. The number of halogens is 2. The van der Waals surface area contributed by atoms with Crippen molar-refractivity contribution >= 4 is 44.8 Å². The third kappa shape index (κ3) is 5.61. The molecule has 0 aliphatic heterocycles. The molecule has 168 valence electrons. The van der Waals surface area contributed by atoms with Gasteiger partial charge in [-0.05, 0) is 48.4 Å². The van der Waals surface area contributed by atoms with Crippen LogP contribution in [0.3, 0.4) is 0 Å². The van der Waals surface area contributed by atoms with Crippen LogP contribution in [0.1, 0.15) is 11.1 Å². The Morgan fingerprint density at radius 3 is 2.25 bits per heavy atom. The first kappa shape index (κ1) is 24.1. The molecule has 0 spiro atoms. The number of ether oxygens (including phenoxy) is 1. The van der Waals surface area contributed by atoms with Gasteiger partial charge in [0, 0.05) is 6.54 Å². The van der Waals surface area contributed by atoms with E-state index in [0.29, 0.717) is 11.3 Å². The van der Waals surface area contributed by atoms with Crippen molar-refractivity contribution in [3.05, 3.63) is 87.9 Å². The van der Waals surface area contributed by atoms with E-state index >= 15 is 0 Å². The highest BCUT2D eigenvalue weighted by molar-refractivity contribution is 7.89. The van der Waals surface area contributed by atoms with E-state index in [-0.39, 0.29) is 27.2 Å². The van der Waals surface area contributed by atoms with E-state index in [1.807, 2.05) is 6.07 Å². The molecule has 3 rings (SSSR count). The maximum atomic E-state index is 13.5. The Morgan fingerprint density at radius 2 is 1.66 bits per heavy atom. The maximum Gasteiger partial charge on any atom is 0.243 e. The van der Waals surface area contributed by atoms with Crippen molar-refractivity contribution in [3.8, 4) is 5.75 Å². The van der Waals surface area contributed by atoms with Crippen LogP contribution in [0.4, 0.5) is 5.69 Å². The molecule has 3 aromatic rings. The molecule has 1 N–H and O–H groups in total. The molecule has 32 heavy (non-hydrogen) atoms. The average Bonchev–Trinajstić information content (AvgIpc) is 2.76. The molecule has 1 amide bonds. The number of benzene rings is 3. The number of anilines is 1. The van der Waals surface area contributed by atoms with Gasteiger partial charge < -0.3 is 10.1 Å². The molecule has 0 aromatic heterocycles. The highest BCUT2D eigenvalue weighted by Crippen LogP contribution is 2.30. The summed E-state index contributed by atoms with van der Waals surface area (Å²) in [5.41, 5.74) is 1.64. The van der Waals surface area contributed by atoms with Crippen LogP contribution >= 0.6 is 23.2 Å². The fourth-order valence-corrected chi connectivity index (χ4v) is 5.09. The molecule has 0 fully saturated rings. The van der Waals surface area contributed by atoms with E-state index in [1.54, 1.807) is 55.5 Å². The van der Waals surface area contributed by atoms with Gasteiger partial charge in [-0.25, -0.2) is 8.42 Å². The summed E-state index contributed by atoms with van der Waals surface area (Å²) >= 11 is 12.3. The van der Waals surface area contributed by atoms with Gasteiger partial charge >= 0.3 is 0 Å². The third-order valence-electron chi connectivity index (χ3n) is 4.75. The summed E-state index contributed by atoms with van der Waals surface area (Å²) in [5.74, 6) is 0.00871. The molecule has 9 heteroatoms. The van der Waals surface area contributed by atoms with Gasteiger partial charge in [-0.15, -0.1) is 0 Å². The normalized spacial score (nSPS) is 11.4. The zero-order valence-electron chi connectivity index (χ0n) is 17.5. The molecule has 0 aliphatic rings. The summed E-state index contributed by atoms with van der Waals surface area (Å²) in [5, 5.41) is 3.14. The van der Waals surface area contributed by atoms with Gasteiger partial charge in [-0.3, -0.25) is 4.79 Å². The van der Waals surface area contributed by atoms with E-state index in [4.69, 9.17) is 27.9 Å². The fourth-order valence-electron chi connectivity index (χ4n) is 3.13. The molecule has 0 radical (unpaired) electrons. The van der Waals surface area contributed by atoms with Crippen LogP contribution in [0.5, 0.6) is 5.75 Å². The molecule has 0 aliphatic carbocycles. The number of carbonyl (C=O) groups is 1. The van der Waals surface area contributed by atoms with Gasteiger partial charge in [0.15, 0.2) is 0 Å². The van der Waals surface area contributed by atoms with Crippen LogP contribution < -0.4 is 10.1 Å². The van der Waals surface area contributed by atoms with E-state index < -0.39 is 22.5 Å². The number of aryl methyl sites for hydroxylation is 1. The first-order valence-corrected chi connectivity index (χ1v) is 11.8. The summed E-state index contributed by atoms with van der Waals surface area (Å²) in [6.45, 7) is 1.34. The van der Waals surface area contributed by atoms with E-state index in [1.165, 1.54) is 19.2 Å². The monoisotopic (exact) mass is 492 g/mol. The van der Waals surface area contributed by atoms with Crippen molar-refractivity contribution in [1.29, 1.82) is 0 Å². The lowest BCUT2D eigenvalue weighted by molar-refractivity contribution is -0.116. The van der Waals surface area contributed by atoms with Crippen LogP contribution in [0.15, 0.2) is 71.6 Å². The van der Waals surface area contributed by atoms with Crippen LogP contribution in [-0.4, -0.2) is 32.3 Å². The number of nitrogens with zero attached hydrogens (tertiary/aromatic N) is 1. The quantitative estimate of drug-likeness (QED) is 0.472. The lowest BCUT2D eigenvalue weighted by atomic mass is 10.2. The van der Waals surface area contributed by atoms with Gasteiger partial charge in [0.1, 0.15) is 5.75 Å². The Bertz CT molecular complexity index is 1200. The van der Waals surface area contributed by atoms with Gasteiger partial charge in [0.05, 0.1) is 34.3 Å². The first-order chi connectivity index (χ1) is 15.2. The largest absolute Gasteiger partial charge is 0.496 e. The van der Waals surface area contributed by atoms with Crippen molar-refractivity contribution < 1.29 is 17.9 Å². The molecule has 0 saturated heterocycles. The summed E-state index contributed by atoms with van der Waals surface area (Å²) < 4.78 is 33.3. The standard InChI is InChI=1S/C23H22Cl2N2O4S/c1-16-13-18(11-12-21(16)31-2)32(29,30)27(14-17-7-4-3-5-8-17)15-22(28)26-23-19(24)9-6-10-20(23)25/h3-13H,14-15H2,1-2H3,(H,26,28). The fraction of sp³-hybridized carbons (Fsp3) is 0.174. The Kier molecular flexibility index (Phi) is 7.79. The maximum absolute atomic E-state index is 13.5. The average molecular weight is 493 g/mol. The Morgan fingerprint density at radius 1 is 1.00 bits per heavy atom. The molecular formula is C23H22Cl2N2O4S. The van der Waals surface area contributed by atoms with Crippen LogP contribution in [-0.2, 0) is 21.4 Å². The molecule has 0 saturated carbocycles. The number of methoxy groups -OCH3 is 1. The van der Waals surface area contributed by atoms with Crippen molar-refractivity contribution in [2.45, 2.75) is 18.4 Å². The first-order valence-electron chi connectivity index (χ1n) is 9.65. The smallest absolute Gasteiger partial charge is 0.243 e. The van der Waals surface area contributed by atoms with Gasteiger partial charge in [0.2, 0.25) is 15.9 Å². The molecule has 0 bridgehead atoms. The van der Waals surface area contributed by atoms with E-state index in [0.717, 1.165) is 9.87 Å². The van der Waals surface area contributed by atoms with Gasteiger partial charge in [-0.2, -0.15) is 4.31 Å². The number of hydrogen-bond donors (Lipinski definition) is 1. The molecule has 0 unspecified atom stereocenters. The molecule has 3 aromatic carbocycles. The predicted molar refractivity (Wildman–Crippen MR) is 127 cm³/mol. The van der Waals surface area contributed by atoms with Crippen LogP contribution in [0.2, 0.25) is 10.0 Å². The Balaban J connectivity index is 1.92. The summed E-state index contributed by atoms with van der Waals surface area (Å²) in [4.78, 5) is 12.9. The minimum absolute atomic E-state index is 0.0118. The van der Waals surface area contributed by atoms with E-state index in [9.17, 15) is 13.2 Å². The number of para-hydroxylation sites is 1. The molecular weight excluding hydrogens is 471 g/mol. The third-order valence-corrected chi connectivity index (χ3v) is 7.17. The molecule has 0 heterocycles. The van der Waals surface area contributed by atoms with Crippen molar-refractivity contribution in [2.24, 2.45) is 0 Å². The van der Waals surface area contributed by atoms with Crippen LogP contribution in [0, 0.1) is 6.92 Å². The Labute approximate surface area is 197 Å². The lowest BCUT2D eigenvalue weighted by Crippen LogP contribution is -2.37. The zero-order chi connectivity index (χ0) is 23.3. The second kappa shape index (κ2) is 10.4. The number of nitrogens with one attached hydrogen (secondary N) is 1. The van der Waals surface area contributed by atoms with Crippen LogP contribution in [0.25, 0.3) is 0 Å². The summed E-state index contributed by atoms with van der Waals surface area (Å²) in [6, 6.07) is 18.4. The topological polar surface area (TPSA) is 75.7 Å². The van der Waals surface area contributed by atoms with Crippen molar-refractivity contribution in [3.63, 3.8) is 0 Å². The highest BCUT2D eigenvalue weighted by Gasteiger charge is 2.28. The van der Waals surface area contributed by atoms with Gasteiger partial charge in [-0.1, -0.05) is 59.6 Å². The second-order valence-electron chi connectivity index (χ2n) is 7.03. The number of carbonyl (C=O) groups excluding carboxylic acids is 1. The number of sulfonamides is 1.